The van der Waals surface area contributed by atoms with Crippen LogP contribution in [0, 0.1) is 0 Å². The molecule has 0 saturated carbocycles. The summed E-state index contributed by atoms with van der Waals surface area (Å²) in [5, 5.41) is 19.9. The van der Waals surface area contributed by atoms with E-state index in [2.05, 4.69) is 20.8 Å². The van der Waals surface area contributed by atoms with Crippen molar-refractivity contribution in [1.82, 2.24) is 4.90 Å². The highest BCUT2D eigenvalue weighted by molar-refractivity contribution is 9.09. The van der Waals surface area contributed by atoms with E-state index in [0.29, 0.717) is 13.1 Å². The largest absolute Gasteiger partial charge is 0.389 e. The van der Waals surface area contributed by atoms with Crippen LogP contribution in [-0.2, 0) is 0 Å². The van der Waals surface area contributed by atoms with E-state index in [1.807, 2.05) is 0 Å². The van der Waals surface area contributed by atoms with Crippen molar-refractivity contribution >= 4 is 15.9 Å². The lowest BCUT2D eigenvalue weighted by atomic mass is 10.1. The molecule has 0 spiro atoms. The van der Waals surface area contributed by atoms with Gasteiger partial charge in [0.25, 0.3) is 0 Å². The minimum Gasteiger partial charge on any atom is -0.389 e. The molecule has 0 aromatic rings. The van der Waals surface area contributed by atoms with E-state index in [-0.39, 0.29) is 0 Å². The summed E-state index contributed by atoms with van der Waals surface area (Å²) in [5.74, 6) is 0. The van der Waals surface area contributed by atoms with Crippen LogP contribution in [0.3, 0.4) is 0 Å². The lowest BCUT2D eigenvalue weighted by molar-refractivity contribution is 0.0572. The van der Waals surface area contributed by atoms with Crippen molar-refractivity contribution in [3.63, 3.8) is 0 Å². The van der Waals surface area contributed by atoms with E-state index in [1.165, 1.54) is 44.9 Å². The molecular formula is C13H26BrNO2. The summed E-state index contributed by atoms with van der Waals surface area (Å²) >= 11 is 3.44. The van der Waals surface area contributed by atoms with Crippen LogP contribution >= 0.6 is 15.9 Å². The maximum atomic E-state index is 9.40. The van der Waals surface area contributed by atoms with E-state index in [0.717, 1.165) is 11.9 Å². The van der Waals surface area contributed by atoms with Gasteiger partial charge < -0.3 is 10.2 Å². The fourth-order valence-corrected chi connectivity index (χ4v) is 2.74. The van der Waals surface area contributed by atoms with Gasteiger partial charge in [-0.25, -0.2) is 0 Å². The van der Waals surface area contributed by atoms with E-state index < -0.39 is 12.2 Å². The van der Waals surface area contributed by atoms with Crippen molar-refractivity contribution in [2.75, 3.05) is 25.0 Å². The van der Waals surface area contributed by atoms with Crippen LogP contribution in [-0.4, -0.2) is 52.3 Å². The summed E-state index contributed by atoms with van der Waals surface area (Å²) in [4.78, 5) is 2.17. The highest BCUT2D eigenvalue weighted by Crippen LogP contribution is 2.12. The number of β-amino-alcohol motifs (C(OH)–C–C–N with tert-alkyl or cyclic N) is 2. The van der Waals surface area contributed by atoms with Gasteiger partial charge in [-0.15, -0.1) is 0 Å². The molecule has 102 valence electrons. The molecule has 2 atom stereocenters. The number of aliphatic hydroxyl groups is 2. The molecule has 1 fully saturated rings. The maximum absolute atomic E-state index is 9.40. The van der Waals surface area contributed by atoms with Crippen molar-refractivity contribution in [1.29, 1.82) is 0 Å². The van der Waals surface area contributed by atoms with Gasteiger partial charge in [-0.1, -0.05) is 48.0 Å². The van der Waals surface area contributed by atoms with Crippen LogP contribution in [0.2, 0.25) is 0 Å². The van der Waals surface area contributed by atoms with E-state index in [4.69, 9.17) is 0 Å². The zero-order chi connectivity index (χ0) is 12.5. The third-order valence-corrected chi connectivity index (χ3v) is 4.00. The molecule has 2 N–H and O–H groups in total. The number of likely N-dealkylation sites (tertiary alicyclic amines) is 1. The molecule has 0 aromatic carbocycles. The monoisotopic (exact) mass is 307 g/mol. The summed E-state index contributed by atoms with van der Waals surface area (Å²) in [5.41, 5.74) is 0. The van der Waals surface area contributed by atoms with Gasteiger partial charge in [0.15, 0.2) is 0 Å². The molecule has 1 aliphatic rings. The van der Waals surface area contributed by atoms with Crippen molar-refractivity contribution in [2.24, 2.45) is 0 Å². The Balaban J connectivity index is 1.85. The second kappa shape index (κ2) is 9.31. The molecule has 0 aliphatic carbocycles. The number of rotatable bonds is 9. The molecule has 0 aromatic heterocycles. The molecule has 1 rings (SSSR count). The Kier molecular flexibility index (Phi) is 8.44. The van der Waals surface area contributed by atoms with Crippen molar-refractivity contribution in [3.8, 4) is 0 Å². The number of hydrogen-bond donors (Lipinski definition) is 2. The number of nitrogens with zero attached hydrogens (tertiary/aromatic N) is 1. The molecule has 2 unspecified atom stereocenters. The molecule has 1 aliphatic heterocycles. The van der Waals surface area contributed by atoms with Crippen LogP contribution in [0.15, 0.2) is 0 Å². The first-order valence-electron chi connectivity index (χ1n) is 6.88. The average Bonchev–Trinajstić information content (AvgIpc) is 2.62. The molecule has 0 radical (unpaired) electrons. The summed E-state index contributed by atoms with van der Waals surface area (Å²) in [6.07, 6.45) is 8.07. The minimum atomic E-state index is -0.528. The standard InChI is InChI=1S/C13H26BrNO2/c14-8-6-4-2-1-3-5-7-9-15-10-12(16)13(17)11-15/h12-13,16-17H,1-11H2. The van der Waals surface area contributed by atoms with Gasteiger partial charge >= 0.3 is 0 Å². The van der Waals surface area contributed by atoms with Gasteiger partial charge in [-0.2, -0.15) is 0 Å². The lowest BCUT2D eigenvalue weighted by Gasteiger charge is -2.13. The average molecular weight is 308 g/mol. The summed E-state index contributed by atoms with van der Waals surface area (Å²) < 4.78 is 0. The number of halogens is 1. The maximum Gasteiger partial charge on any atom is 0.0938 e. The Morgan fingerprint density at radius 2 is 1.29 bits per heavy atom. The molecule has 1 saturated heterocycles. The smallest absolute Gasteiger partial charge is 0.0938 e. The Labute approximate surface area is 113 Å². The van der Waals surface area contributed by atoms with Gasteiger partial charge in [-0.05, 0) is 19.4 Å². The quantitative estimate of drug-likeness (QED) is 0.507. The predicted octanol–water partition coefficient (Wildman–Crippen LogP) is 2.15. The summed E-state index contributed by atoms with van der Waals surface area (Å²) in [6, 6.07) is 0. The van der Waals surface area contributed by atoms with Gasteiger partial charge in [0.05, 0.1) is 12.2 Å². The first-order valence-corrected chi connectivity index (χ1v) is 8.00. The van der Waals surface area contributed by atoms with E-state index >= 15 is 0 Å². The third-order valence-electron chi connectivity index (χ3n) is 3.44. The number of alkyl halides is 1. The van der Waals surface area contributed by atoms with Crippen molar-refractivity contribution < 1.29 is 10.2 Å². The highest BCUT2D eigenvalue weighted by Gasteiger charge is 2.28. The molecule has 0 bridgehead atoms. The number of unbranched alkanes of at least 4 members (excludes halogenated alkanes) is 6. The Bertz CT molecular complexity index is 182. The Morgan fingerprint density at radius 3 is 1.82 bits per heavy atom. The third kappa shape index (κ3) is 6.75. The van der Waals surface area contributed by atoms with Crippen molar-refractivity contribution in [3.05, 3.63) is 0 Å². The summed E-state index contributed by atoms with van der Waals surface area (Å²) in [6.45, 7) is 2.31. The fraction of sp³-hybridized carbons (Fsp3) is 1.00. The minimum absolute atomic E-state index is 0.528. The van der Waals surface area contributed by atoms with Crippen molar-refractivity contribution in [2.45, 2.75) is 57.2 Å². The first kappa shape index (κ1) is 15.4. The molecule has 4 heteroatoms. The zero-order valence-electron chi connectivity index (χ0n) is 10.7. The van der Waals surface area contributed by atoms with Crippen LogP contribution in [0.25, 0.3) is 0 Å². The summed E-state index contributed by atoms with van der Waals surface area (Å²) in [7, 11) is 0. The molecule has 0 amide bonds. The van der Waals surface area contributed by atoms with Crippen LogP contribution in [0.1, 0.15) is 44.9 Å². The predicted molar refractivity (Wildman–Crippen MR) is 74.6 cm³/mol. The molecule has 1 heterocycles. The van der Waals surface area contributed by atoms with Crippen LogP contribution in [0.5, 0.6) is 0 Å². The van der Waals surface area contributed by atoms with Gasteiger partial charge in [0.2, 0.25) is 0 Å². The lowest BCUT2D eigenvalue weighted by Crippen LogP contribution is -2.23. The zero-order valence-corrected chi connectivity index (χ0v) is 12.2. The van der Waals surface area contributed by atoms with E-state index in [1.54, 1.807) is 0 Å². The van der Waals surface area contributed by atoms with Gasteiger partial charge in [0, 0.05) is 18.4 Å². The molecular weight excluding hydrogens is 282 g/mol. The normalized spacial score (nSPS) is 25.6. The fourth-order valence-electron chi connectivity index (χ4n) is 2.34. The molecule has 17 heavy (non-hydrogen) atoms. The van der Waals surface area contributed by atoms with Gasteiger partial charge in [-0.3, -0.25) is 4.90 Å². The topological polar surface area (TPSA) is 43.7 Å². The van der Waals surface area contributed by atoms with E-state index in [9.17, 15) is 10.2 Å². The SMILES string of the molecule is OC1CN(CCCCCCCCCBr)CC1O. The highest BCUT2D eigenvalue weighted by atomic mass is 79.9. The first-order chi connectivity index (χ1) is 8.24. The van der Waals surface area contributed by atoms with Crippen LogP contribution in [0.4, 0.5) is 0 Å². The number of hydrogen-bond acceptors (Lipinski definition) is 3. The second-order valence-corrected chi connectivity index (χ2v) is 5.85. The molecule has 3 nitrogen and oxygen atoms in total. The number of aliphatic hydroxyl groups excluding tert-OH is 2. The second-order valence-electron chi connectivity index (χ2n) is 5.06. The van der Waals surface area contributed by atoms with Gasteiger partial charge in [0.1, 0.15) is 0 Å². The Hall–Kier alpha value is 0.360. The Morgan fingerprint density at radius 1 is 0.824 bits per heavy atom. The van der Waals surface area contributed by atoms with Crippen LogP contribution < -0.4 is 0 Å².